The third-order valence-electron chi connectivity index (χ3n) is 2.81. The molecule has 2 rings (SSSR count). The molecule has 1 aliphatic rings. The summed E-state index contributed by atoms with van der Waals surface area (Å²) in [5, 5.41) is 8.94. The number of sulfonamides is 1. The SMILES string of the molecule is CNS(=O)(=O)c1ccc(N2C[C@@H](CO)OC2=O)cc1. The number of hydrogen-bond acceptors (Lipinski definition) is 5. The highest BCUT2D eigenvalue weighted by Crippen LogP contribution is 2.23. The maximum atomic E-state index is 11.5. The first-order valence-electron chi connectivity index (χ1n) is 5.60. The van der Waals surface area contributed by atoms with Crippen molar-refractivity contribution in [3.8, 4) is 0 Å². The second-order valence-corrected chi connectivity index (χ2v) is 5.89. The number of nitrogens with zero attached hydrogens (tertiary/aromatic N) is 1. The number of rotatable bonds is 4. The predicted octanol–water partition coefficient (Wildman–Crippen LogP) is -0.0878. The van der Waals surface area contributed by atoms with Gasteiger partial charge in [-0.25, -0.2) is 17.9 Å². The summed E-state index contributed by atoms with van der Waals surface area (Å²) in [5.41, 5.74) is 0.524. The summed E-state index contributed by atoms with van der Waals surface area (Å²) in [6.45, 7) is 0.00190. The van der Waals surface area contributed by atoms with Gasteiger partial charge in [0.15, 0.2) is 0 Å². The molecule has 2 N–H and O–H groups in total. The molecule has 7 nitrogen and oxygen atoms in total. The Morgan fingerprint density at radius 3 is 2.53 bits per heavy atom. The third-order valence-corrected chi connectivity index (χ3v) is 4.24. The van der Waals surface area contributed by atoms with Crippen molar-refractivity contribution in [3.63, 3.8) is 0 Å². The fraction of sp³-hybridized carbons (Fsp3) is 0.364. The molecule has 0 bridgehead atoms. The van der Waals surface area contributed by atoms with Gasteiger partial charge in [-0.05, 0) is 31.3 Å². The Morgan fingerprint density at radius 2 is 2.05 bits per heavy atom. The number of aliphatic hydroxyl groups is 1. The van der Waals surface area contributed by atoms with Gasteiger partial charge >= 0.3 is 6.09 Å². The summed E-state index contributed by atoms with van der Waals surface area (Å²) >= 11 is 0. The molecule has 0 aromatic heterocycles. The van der Waals surface area contributed by atoms with E-state index in [1.54, 1.807) is 0 Å². The van der Waals surface area contributed by atoms with Gasteiger partial charge in [0, 0.05) is 5.69 Å². The summed E-state index contributed by atoms with van der Waals surface area (Å²) in [6, 6.07) is 5.85. The molecule has 1 heterocycles. The standard InChI is InChI=1S/C11H14N2O5S/c1-12-19(16,17)10-4-2-8(3-5-10)13-6-9(7-14)18-11(13)15/h2-5,9,12,14H,6-7H2,1H3/t9-/m0/s1. The zero-order valence-electron chi connectivity index (χ0n) is 10.2. The molecule has 0 aliphatic carbocycles. The topological polar surface area (TPSA) is 95.9 Å². The fourth-order valence-electron chi connectivity index (χ4n) is 1.75. The van der Waals surface area contributed by atoms with Crippen molar-refractivity contribution in [2.24, 2.45) is 0 Å². The van der Waals surface area contributed by atoms with Crippen LogP contribution in [0.3, 0.4) is 0 Å². The highest BCUT2D eigenvalue weighted by atomic mass is 32.2. The molecule has 19 heavy (non-hydrogen) atoms. The van der Waals surface area contributed by atoms with Crippen LogP contribution in [-0.2, 0) is 14.8 Å². The van der Waals surface area contributed by atoms with Crippen molar-refractivity contribution in [3.05, 3.63) is 24.3 Å². The first kappa shape index (κ1) is 13.8. The zero-order valence-corrected chi connectivity index (χ0v) is 11.1. The molecule has 1 fully saturated rings. The van der Waals surface area contributed by atoms with Crippen LogP contribution < -0.4 is 9.62 Å². The highest BCUT2D eigenvalue weighted by molar-refractivity contribution is 7.89. The lowest BCUT2D eigenvalue weighted by molar-refractivity contribution is 0.0963. The Morgan fingerprint density at radius 1 is 1.42 bits per heavy atom. The molecule has 0 unspecified atom stereocenters. The minimum atomic E-state index is -3.49. The van der Waals surface area contributed by atoms with Crippen molar-refractivity contribution in [1.29, 1.82) is 0 Å². The lowest BCUT2D eigenvalue weighted by Crippen LogP contribution is -2.25. The molecule has 8 heteroatoms. The molecule has 1 aliphatic heterocycles. The summed E-state index contributed by atoms with van der Waals surface area (Å²) in [6.07, 6.45) is -1.10. The smallest absolute Gasteiger partial charge is 0.414 e. The zero-order chi connectivity index (χ0) is 14.0. The van der Waals surface area contributed by atoms with Crippen molar-refractivity contribution in [2.45, 2.75) is 11.0 Å². The van der Waals surface area contributed by atoms with Crippen LogP contribution in [0.25, 0.3) is 0 Å². The predicted molar refractivity (Wildman–Crippen MR) is 67.4 cm³/mol. The van der Waals surface area contributed by atoms with E-state index in [0.717, 1.165) is 0 Å². The van der Waals surface area contributed by atoms with E-state index in [1.165, 1.54) is 36.2 Å². The van der Waals surface area contributed by atoms with Gasteiger partial charge < -0.3 is 9.84 Å². The molecule has 0 saturated carbocycles. The lowest BCUT2D eigenvalue weighted by atomic mass is 10.3. The van der Waals surface area contributed by atoms with Gasteiger partial charge in [0.2, 0.25) is 10.0 Å². The number of benzene rings is 1. The molecule has 0 radical (unpaired) electrons. The average Bonchev–Trinajstić information content (AvgIpc) is 2.80. The summed E-state index contributed by atoms with van der Waals surface area (Å²) < 4.78 is 30.2. The number of hydrogen-bond donors (Lipinski definition) is 2. The molecule has 1 amide bonds. The molecule has 1 saturated heterocycles. The fourth-order valence-corrected chi connectivity index (χ4v) is 2.48. The summed E-state index contributed by atoms with van der Waals surface area (Å²) in [7, 11) is -2.17. The Hall–Kier alpha value is -1.64. The minimum Gasteiger partial charge on any atom is -0.441 e. The number of carbonyl (C=O) groups excluding carboxylic acids is 1. The Bertz CT molecular complexity index is 569. The second kappa shape index (κ2) is 5.16. The number of amides is 1. The maximum Gasteiger partial charge on any atom is 0.414 e. The van der Waals surface area contributed by atoms with Crippen molar-refractivity contribution >= 4 is 21.8 Å². The molecule has 1 aromatic carbocycles. The van der Waals surface area contributed by atoms with E-state index in [0.29, 0.717) is 5.69 Å². The number of carbonyl (C=O) groups is 1. The third kappa shape index (κ3) is 2.70. The maximum absolute atomic E-state index is 11.5. The molecule has 104 valence electrons. The first-order valence-corrected chi connectivity index (χ1v) is 7.09. The van der Waals surface area contributed by atoms with Crippen LogP contribution in [0.15, 0.2) is 29.2 Å². The normalized spacial score (nSPS) is 19.6. The van der Waals surface area contributed by atoms with Gasteiger partial charge in [0.05, 0.1) is 18.0 Å². The highest BCUT2D eigenvalue weighted by Gasteiger charge is 2.31. The number of cyclic esters (lactones) is 1. The van der Waals surface area contributed by atoms with E-state index < -0.39 is 22.2 Å². The van der Waals surface area contributed by atoms with Gasteiger partial charge in [0.25, 0.3) is 0 Å². The largest absolute Gasteiger partial charge is 0.441 e. The van der Waals surface area contributed by atoms with Gasteiger partial charge in [0.1, 0.15) is 6.10 Å². The van der Waals surface area contributed by atoms with Crippen LogP contribution in [0, 0.1) is 0 Å². The molecule has 1 atom stereocenters. The van der Waals surface area contributed by atoms with E-state index in [1.807, 2.05) is 0 Å². The quantitative estimate of drug-likeness (QED) is 0.806. The number of ether oxygens (including phenoxy) is 1. The van der Waals surface area contributed by atoms with Crippen LogP contribution in [-0.4, -0.2) is 45.9 Å². The van der Waals surface area contributed by atoms with Crippen molar-refractivity contribution in [1.82, 2.24) is 4.72 Å². The van der Waals surface area contributed by atoms with E-state index in [9.17, 15) is 13.2 Å². The van der Waals surface area contributed by atoms with Crippen LogP contribution >= 0.6 is 0 Å². The number of nitrogens with one attached hydrogen (secondary N) is 1. The minimum absolute atomic E-state index is 0.116. The van der Waals surface area contributed by atoms with E-state index in [-0.39, 0.29) is 18.0 Å². The molecular weight excluding hydrogens is 272 g/mol. The van der Waals surface area contributed by atoms with Crippen molar-refractivity contribution < 1.29 is 23.1 Å². The molecule has 1 aromatic rings. The number of aliphatic hydroxyl groups excluding tert-OH is 1. The summed E-state index contributed by atoms with van der Waals surface area (Å²) in [4.78, 5) is 13.0. The number of anilines is 1. The van der Waals surface area contributed by atoms with Gasteiger partial charge in [-0.15, -0.1) is 0 Å². The van der Waals surface area contributed by atoms with Crippen LogP contribution in [0.4, 0.5) is 10.5 Å². The molecule has 0 spiro atoms. The Balaban J connectivity index is 2.22. The van der Waals surface area contributed by atoms with Crippen LogP contribution in [0.5, 0.6) is 0 Å². The summed E-state index contributed by atoms with van der Waals surface area (Å²) in [5.74, 6) is 0. The van der Waals surface area contributed by atoms with E-state index in [4.69, 9.17) is 9.84 Å². The van der Waals surface area contributed by atoms with Gasteiger partial charge in [-0.1, -0.05) is 0 Å². The van der Waals surface area contributed by atoms with Crippen LogP contribution in [0.1, 0.15) is 0 Å². The van der Waals surface area contributed by atoms with E-state index in [2.05, 4.69) is 4.72 Å². The van der Waals surface area contributed by atoms with E-state index >= 15 is 0 Å². The second-order valence-electron chi connectivity index (χ2n) is 4.00. The van der Waals surface area contributed by atoms with Gasteiger partial charge in [-0.3, -0.25) is 4.90 Å². The molecular formula is C11H14N2O5S. The average molecular weight is 286 g/mol. The first-order chi connectivity index (χ1) is 8.97. The Labute approximate surface area is 110 Å². The van der Waals surface area contributed by atoms with Crippen LogP contribution in [0.2, 0.25) is 0 Å². The van der Waals surface area contributed by atoms with Gasteiger partial charge in [-0.2, -0.15) is 0 Å². The Kier molecular flexibility index (Phi) is 3.74. The monoisotopic (exact) mass is 286 g/mol. The lowest BCUT2D eigenvalue weighted by Gasteiger charge is -2.13. The van der Waals surface area contributed by atoms with Crippen molar-refractivity contribution in [2.75, 3.05) is 25.1 Å².